The zero-order chi connectivity index (χ0) is 11.4. The smallest absolute Gasteiger partial charge is 0.308 e. The molecule has 3 unspecified atom stereocenters. The van der Waals surface area contributed by atoms with E-state index in [-0.39, 0.29) is 24.6 Å². The lowest BCUT2D eigenvalue weighted by molar-refractivity contribution is -0.146. The van der Waals surface area contributed by atoms with Crippen LogP contribution in [0.5, 0.6) is 0 Å². The second kappa shape index (κ2) is 5.47. The normalized spacial score (nSPS) is 27.5. The SMILES string of the molecule is CC(C)C(CCO)NC1CCC1C(=O)O. The lowest BCUT2D eigenvalue weighted by Crippen LogP contribution is -2.52. The molecule has 88 valence electrons. The van der Waals surface area contributed by atoms with Crippen LogP contribution < -0.4 is 5.32 Å². The second-order valence-corrected chi connectivity index (χ2v) is 4.66. The van der Waals surface area contributed by atoms with Crippen molar-refractivity contribution >= 4 is 5.97 Å². The monoisotopic (exact) mass is 215 g/mol. The van der Waals surface area contributed by atoms with Crippen molar-refractivity contribution in [3.8, 4) is 0 Å². The summed E-state index contributed by atoms with van der Waals surface area (Å²) < 4.78 is 0. The average molecular weight is 215 g/mol. The van der Waals surface area contributed by atoms with Gasteiger partial charge in [0.05, 0.1) is 5.92 Å². The number of aliphatic carboxylic acids is 1. The molecule has 4 heteroatoms. The summed E-state index contributed by atoms with van der Waals surface area (Å²) in [4.78, 5) is 10.8. The van der Waals surface area contributed by atoms with Crippen LogP contribution in [0.1, 0.15) is 33.1 Å². The lowest BCUT2D eigenvalue weighted by atomic mass is 9.78. The van der Waals surface area contributed by atoms with E-state index >= 15 is 0 Å². The predicted octanol–water partition coefficient (Wildman–Crippen LogP) is 0.846. The third kappa shape index (κ3) is 3.18. The molecule has 0 spiro atoms. The summed E-state index contributed by atoms with van der Waals surface area (Å²) >= 11 is 0. The van der Waals surface area contributed by atoms with E-state index in [0.29, 0.717) is 12.3 Å². The zero-order valence-corrected chi connectivity index (χ0v) is 9.44. The van der Waals surface area contributed by atoms with Crippen molar-refractivity contribution in [2.24, 2.45) is 11.8 Å². The maximum absolute atomic E-state index is 10.8. The summed E-state index contributed by atoms with van der Waals surface area (Å²) in [5.74, 6) is -0.512. The van der Waals surface area contributed by atoms with Gasteiger partial charge in [-0.3, -0.25) is 4.79 Å². The van der Waals surface area contributed by atoms with Crippen LogP contribution in [0.25, 0.3) is 0 Å². The molecule has 3 atom stereocenters. The number of hydrogen-bond acceptors (Lipinski definition) is 3. The Morgan fingerprint density at radius 3 is 2.47 bits per heavy atom. The van der Waals surface area contributed by atoms with E-state index < -0.39 is 5.97 Å². The number of carboxylic acid groups (broad SMARTS) is 1. The van der Waals surface area contributed by atoms with E-state index in [1.165, 1.54) is 0 Å². The fraction of sp³-hybridized carbons (Fsp3) is 0.909. The average Bonchev–Trinajstić information content (AvgIpc) is 2.08. The fourth-order valence-electron chi connectivity index (χ4n) is 2.02. The lowest BCUT2D eigenvalue weighted by Gasteiger charge is -2.38. The summed E-state index contributed by atoms with van der Waals surface area (Å²) in [6.45, 7) is 4.32. The van der Waals surface area contributed by atoms with Crippen molar-refractivity contribution in [1.29, 1.82) is 0 Å². The minimum Gasteiger partial charge on any atom is -0.481 e. The fourth-order valence-corrected chi connectivity index (χ4v) is 2.02. The largest absolute Gasteiger partial charge is 0.481 e. The Balaban J connectivity index is 2.41. The molecule has 0 amide bonds. The van der Waals surface area contributed by atoms with Crippen LogP contribution in [0.3, 0.4) is 0 Å². The molecule has 0 radical (unpaired) electrons. The molecule has 1 aliphatic rings. The van der Waals surface area contributed by atoms with Crippen LogP contribution in [0.2, 0.25) is 0 Å². The number of hydrogen-bond donors (Lipinski definition) is 3. The van der Waals surface area contributed by atoms with Crippen molar-refractivity contribution in [2.75, 3.05) is 6.61 Å². The second-order valence-electron chi connectivity index (χ2n) is 4.66. The third-order valence-corrected chi connectivity index (χ3v) is 3.26. The van der Waals surface area contributed by atoms with E-state index in [4.69, 9.17) is 10.2 Å². The highest BCUT2D eigenvalue weighted by Gasteiger charge is 2.37. The molecule has 0 saturated heterocycles. The van der Waals surface area contributed by atoms with E-state index in [2.05, 4.69) is 19.2 Å². The van der Waals surface area contributed by atoms with Gasteiger partial charge in [0.1, 0.15) is 0 Å². The molecule has 0 aromatic heterocycles. The van der Waals surface area contributed by atoms with Gasteiger partial charge in [-0.1, -0.05) is 13.8 Å². The van der Waals surface area contributed by atoms with Crippen molar-refractivity contribution in [3.63, 3.8) is 0 Å². The van der Waals surface area contributed by atoms with Crippen molar-refractivity contribution in [2.45, 2.75) is 45.2 Å². The Kier molecular flexibility index (Phi) is 4.54. The quantitative estimate of drug-likeness (QED) is 0.614. The molecule has 1 rings (SSSR count). The van der Waals surface area contributed by atoms with Gasteiger partial charge in [-0.15, -0.1) is 0 Å². The molecule has 0 heterocycles. The molecular formula is C11H21NO3. The maximum atomic E-state index is 10.8. The molecule has 4 nitrogen and oxygen atoms in total. The van der Waals surface area contributed by atoms with Gasteiger partial charge in [0.2, 0.25) is 0 Å². The van der Waals surface area contributed by atoms with E-state index in [0.717, 1.165) is 12.8 Å². The summed E-state index contributed by atoms with van der Waals surface area (Å²) in [6.07, 6.45) is 2.41. The highest BCUT2D eigenvalue weighted by Crippen LogP contribution is 2.28. The molecule has 0 aromatic carbocycles. The van der Waals surface area contributed by atoms with Gasteiger partial charge in [-0.05, 0) is 25.2 Å². The molecule has 15 heavy (non-hydrogen) atoms. The molecular weight excluding hydrogens is 194 g/mol. The molecule has 0 aromatic rings. The van der Waals surface area contributed by atoms with Crippen LogP contribution in [0, 0.1) is 11.8 Å². The first-order chi connectivity index (χ1) is 7.06. The Bertz CT molecular complexity index is 218. The van der Waals surface area contributed by atoms with Crippen LogP contribution >= 0.6 is 0 Å². The molecule has 1 fully saturated rings. The minimum atomic E-state index is -0.703. The van der Waals surface area contributed by atoms with Gasteiger partial charge in [0.15, 0.2) is 0 Å². The molecule has 3 N–H and O–H groups in total. The molecule has 0 aliphatic heterocycles. The zero-order valence-electron chi connectivity index (χ0n) is 9.44. The number of carboxylic acids is 1. The molecule has 1 saturated carbocycles. The van der Waals surface area contributed by atoms with Crippen LogP contribution in [-0.2, 0) is 4.79 Å². The third-order valence-electron chi connectivity index (χ3n) is 3.26. The van der Waals surface area contributed by atoms with Gasteiger partial charge in [-0.25, -0.2) is 0 Å². The minimum absolute atomic E-state index is 0.0986. The summed E-state index contributed by atoms with van der Waals surface area (Å²) in [5.41, 5.74) is 0. The highest BCUT2D eigenvalue weighted by molar-refractivity contribution is 5.72. The van der Waals surface area contributed by atoms with Crippen molar-refractivity contribution < 1.29 is 15.0 Å². The maximum Gasteiger partial charge on any atom is 0.308 e. The van der Waals surface area contributed by atoms with E-state index in [1.807, 2.05) is 0 Å². The Hall–Kier alpha value is -0.610. The van der Waals surface area contributed by atoms with Gasteiger partial charge < -0.3 is 15.5 Å². The van der Waals surface area contributed by atoms with Crippen molar-refractivity contribution in [3.05, 3.63) is 0 Å². The number of aliphatic hydroxyl groups is 1. The van der Waals surface area contributed by atoms with Crippen LogP contribution in [-0.4, -0.2) is 34.9 Å². The van der Waals surface area contributed by atoms with E-state index in [1.54, 1.807) is 0 Å². The molecule has 1 aliphatic carbocycles. The standard InChI is InChI=1S/C11H21NO3/c1-7(2)9(5-6-13)12-10-4-3-8(10)11(14)15/h7-10,12-13H,3-6H2,1-2H3,(H,14,15). The van der Waals surface area contributed by atoms with Crippen molar-refractivity contribution in [1.82, 2.24) is 5.32 Å². The van der Waals surface area contributed by atoms with Crippen LogP contribution in [0.15, 0.2) is 0 Å². The summed E-state index contributed by atoms with van der Waals surface area (Å²) in [5, 5.41) is 21.1. The van der Waals surface area contributed by atoms with Gasteiger partial charge in [-0.2, -0.15) is 0 Å². The topological polar surface area (TPSA) is 69.6 Å². The Morgan fingerprint density at radius 1 is 1.47 bits per heavy atom. The van der Waals surface area contributed by atoms with Crippen LogP contribution in [0.4, 0.5) is 0 Å². The highest BCUT2D eigenvalue weighted by atomic mass is 16.4. The number of carbonyl (C=O) groups is 1. The predicted molar refractivity (Wildman–Crippen MR) is 57.6 cm³/mol. The summed E-state index contributed by atoms with van der Waals surface area (Å²) in [6, 6.07) is 0.323. The summed E-state index contributed by atoms with van der Waals surface area (Å²) in [7, 11) is 0. The Morgan fingerprint density at radius 2 is 2.13 bits per heavy atom. The first-order valence-corrected chi connectivity index (χ1v) is 5.66. The number of nitrogens with one attached hydrogen (secondary N) is 1. The number of aliphatic hydroxyl groups excluding tert-OH is 1. The number of rotatable bonds is 6. The van der Waals surface area contributed by atoms with Gasteiger partial charge >= 0.3 is 5.97 Å². The Labute approximate surface area is 90.7 Å². The van der Waals surface area contributed by atoms with Gasteiger partial charge in [0.25, 0.3) is 0 Å². The first-order valence-electron chi connectivity index (χ1n) is 5.66. The molecule has 0 bridgehead atoms. The first kappa shape index (κ1) is 12.5. The van der Waals surface area contributed by atoms with E-state index in [9.17, 15) is 4.79 Å². The van der Waals surface area contributed by atoms with Gasteiger partial charge in [0, 0.05) is 18.7 Å².